The molecular weight excluding hydrogens is 342 g/mol. The molecule has 26 heavy (non-hydrogen) atoms. The third-order valence-corrected chi connectivity index (χ3v) is 5.21. The molecule has 3 aromatic rings. The fraction of sp³-hybridized carbons (Fsp3) is 0.286. The molecular formula is C21H23N3OS. The van der Waals surface area contributed by atoms with Gasteiger partial charge in [0.15, 0.2) is 0 Å². The molecule has 0 fully saturated rings. The number of nitrogens with zero attached hydrogens (tertiary/aromatic N) is 3. The highest BCUT2D eigenvalue weighted by Gasteiger charge is 2.12. The quantitative estimate of drug-likeness (QED) is 0.659. The molecule has 0 atom stereocenters. The average molecular weight is 366 g/mol. The van der Waals surface area contributed by atoms with Crippen molar-refractivity contribution >= 4 is 28.6 Å². The molecule has 1 amide bonds. The molecule has 0 aliphatic carbocycles. The lowest BCUT2D eigenvalue weighted by Crippen LogP contribution is -2.28. The molecule has 0 saturated heterocycles. The SMILES string of the molecule is Cc1cccc(CSCC(=O)N(C)Cc2nc(C)c3ccccc3n2)c1. The van der Waals surface area contributed by atoms with Crippen molar-refractivity contribution in [2.75, 3.05) is 12.8 Å². The highest BCUT2D eigenvalue weighted by Crippen LogP contribution is 2.16. The van der Waals surface area contributed by atoms with Crippen LogP contribution in [0.15, 0.2) is 48.5 Å². The minimum atomic E-state index is 0.0945. The molecule has 0 spiro atoms. The van der Waals surface area contributed by atoms with Gasteiger partial charge in [-0.3, -0.25) is 4.79 Å². The first-order valence-electron chi connectivity index (χ1n) is 8.62. The summed E-state index contributed by atoms with van der Waals surface area (Å²) in [6.07, 6.45) is 0. The Morgan fingerprint density at radius 2 is 1.88 bits per heavy atom. The smallest absolute Gasteiger partial charge is 0.232 e. The number of benzene rings is 2. The van der Waals surface area contributed by atoms with Crippen LogP contribution in [0, 0.1) is 13.8 Å². The number of amides is 1. The summed E-state index contributed by atoms with van der Waals surface area (Å²) < 4.78 is 0. The van der Waals surface area contributed by atoms with Crippen LogP contribution in [-0.4, -0.2) is 33.6 Å². The van der Waals surface area contributed by atoms with Gasteiger partial charge in [-0.25, -0.2) is 9.97 Å². The van der Waals surface area contributed by atoms with E-state index in [0.717, 1.165) is 22.3 Å². The number of thioether (sulfide) groups is 1. The van der Waals surface area contributed by atoms with E-state index in [0.29, 0.717) is 18.1 Å². The number of carbonyl (C=O) groups is 1. The lowest BCUT2D eigenvalue weighted by Gasteiger charge is -2.17. The van der Waals surface area contributed by atoms with Crippen molar-refractivity contribution in [2.24, 2.45) is 0 Å². The molecule has 0 aliphatic heterocycles. The van der Waals surface area contributed by atoms with E-state index in [1.165, 1.54) is 11.1 Å². The third kappa shape index (κ3) is 4.61. The monoisotopic (exact) mass is 365 g/mol. The van der Waals surface area contributed by atoms with Gasteiger partial charge in [0.25, 0.3) is 0 Å². The number of carbonyl (C=O) groups excluding carboxylic acids is 1. The molecule has 1 heterocycles. The van der Waals surface area contributed by atoms with Crippen LogP contribution in [0.25, 0.3) is 10.9 Å². The van der Waals surface area contributed by atoms with Crippen LogP contribution in [0.5, 0.6) is 0 Å². The van der Waals surface area contributed by atoms with Crippen LogP contribution in [0.2, 0.25) is 0 Å². The molecule has 4 nitrogen and oxygen atoms in total. The molecule has 0 N–H and O–H groups in total. The first kappa shape index (κ1) is 18.4. The van der Waals surface area contributed by atoms with Gasteiger partial charge < -0.3 is 4.90 Å². The van der Waals surface area contributed by atoms with Crippen LogP contribution in [0.3, 0.4) is 0 Å². The second kappa shape index (κ2) is 8.32. The summed E-state index contributed by atoms with van der Waals surface area (Å²) in [5.41, 5.74) is 4.36. The number of aryl methyl sites for hydroxylation is 2. The van der Waals surface area contributed by atoms with Gasteiger partial charge in [0.1, 0.15) is 5.82 Å². The summed E-state index contributed by atoms with van der Waals surface area (Å²) in [4.78, 5) is 23.2. The lowest BCUT2D eigenvalue weighted by molar-refractivity contribution is -0.127. The Morgan fingerprint density at radius 3 is 2.69 bits per heavy atom. The minimum absolute atomic E-state index is 0.0945. The molecule has 134 valence electrons. The molecule has 2 aromatic carbocycles. The van der Waals surface area contributed by atoms with Gasteiger partial charge in [0.05, 0.1) is 17.8 Å². The van der Waals surface area contributed by atoms with E-state index in [9.17, 15) is 4.79 Å². The van der Waals surface area contributed by atoms with Gasteiger partial charge in [0, 0.05) is 23.9 Å². The number of fused-ring (bicyclic) bond motifs is 1. The maximum atomic E-state index is 12.4. The summed E-state index contributed by atoms with van der Waals surface area (Å²) in [7, 11) is 1.81. The molecule has 3 rings (SSSR count). The van der Waals surface area contributed by atoms with Gasteiger partial charge >= 0.3 is 0 Å². The number of aromatic nitrogens is 2. The third-order valence-electron chi connectivity index (χ3n) is 4.22. The fourth-order valence-electron chi connectivity index (χ4n) is 2.83. The summed E-state index contributed by atoms with van der Waals surface area (Å²) in [6, 6.07) is 16.3. The van der Waals surface area contributed by atoms with E-state index in [4.69, 9.17) is 0 Å². The van der Waals surface area contributed by atoms with E-state index in [2.05, 4.69) is 41.2 Å². The zero-order valence-corrected chi connectivity index (χ0v) is 16.2. The van der Waals surface area contributed by atoms with Gasteiger partial charge in [-0.1, -0.05) is 48.0 Å². The number of hydrogen-bond acceptors (Lipinski definition) is 4. The van der Waals surface area contributed by atoms with Crippen molar-refractivity contribution in [3.8, 4) is 0 Å². The second-order valence-corrected chi connectivity index (χ2v) is 7.46. The number of para-hydroxylation sites is 1. The molecule has 5 heteroatoms. The molecule has 0 aliphatic rings. The van der Waals surface area contributed by atoms with Gasteiger partial charge in [-0.15, -0.1) is 11.8 Å². The van der Waals surface area contributed by atoms with Crippen LogP contribution in [-0.2, 0) is 17.1 Å². The minimum Gasteiger partial charge on any atom is -0.337 e. The van der Waals surface area contributed by atoms with Crippen LogP contribution < -0.4 is 0 Å². The van der Waals surface area contributed by atoms with E-state index in [1.54, 1.807) is 16.7 Å². The topological polar surface area (TPSA) is 46.1 Å². The van der Waals surface area contributed by atoms with Gasteiger partial charge in [-0.05, 0) is 25.5 Å². The average Bonchev–Trinajstić information content (AvgIpc) is 2.61. The second-order valence-electron chi connectivity index (χ2n) is 6.47. The first-order valence-corrected chi connectivity index (χ1v) is 9.78. The van der Waals surface area contributed by atoms with Crippen LogP contribution >= 0.6 is 11.8 Å². The number of hydrogen-bond donors (Lipinski definition) is 0. The Labute approximate surface area is 158 Å². The van der Waals surface area contributed by atoms with Gasteiger partial charge in [0.2, 0.25) is 5.91 Å². The highest BCUT2D eigenvalue weighted by atomic mass is 32.2. The van der Waals surface area contributed by atoms with E-state index >= 15 is 0 Å². The molecule has 0 unspecified atom stereocenters. The van der Waals surface area contributed by atoms with Crippen molar-refractivity contribution in [3.63, 3.8) is 0 Å². The summed E-state index contributed by atoms with van der Waals surface area (Å²) in [5.74, 6) is 2.07. The Morgan fingerprint density at radius 1 is 1.08 bits per heavy atom. The molecule has 0 radical (unpaired) electrons. The predicted molar refractivity (Wildman–Crippen MR) is 108 cm³/mol. The zero-order valence-electron chi connectivity index (χ0n) is 15.4. The maximum Gasteiger partial charge on any atom is 0.232 e. The highest BCUT2D eigenvalue weighted by molar-refractivity contribution is 7.99. The Kier molecular flexibility index (Phi) is 5.89. The van der Waals surface area contributed by atoms with Crippen LogP contribution in [0.4, 0.5) is 0 Å². The van der Waals surface area contributed by atoms with Crippen molar-refractivity contribution in [2.45, 2.75) is 26.1 Å². The Balaban J connectivity index is 1.57. The van der Waals surface area contributed by atoms with Crippen molar-refractivity contribution in [3.05, 3.63) is 71.2 Å². The Hall–Kier alpha value is -2.40. The summed E-state index contributed by atoms with van der Waals surface area (Å²) in [5, 5.41) is 1.05. The zero-order chi connectivity index (χ0) is 18.5. The molecule has 0 saturated carbocycles. The fourth-order valence-corrected chi connectivity index (χ4v) is 3.75. The van der Waals surface area contributed by atoms with Crippen molar-refractivity contribution in [1.82, 2.24) is 14.9 Å². The largest absolute Gasteiger partial charge is 0.337 e. The lowest BCUT2D eigenvalue weighted by atomic mass is 10.2. The van der Waals surface area contributed by atoms with E-state index in [1.807, 2.05) is 38.2 Å². The Bertz CT molecular complexity index is 926. The standard InChI is InChI=1S/C21H23N3OS/c1-15-7-6-8-17(11-15)13-26-14-21(25)24(3)12-20-22-16(2)18-9-4-5-10-19(18)23-20/h4-11H,12-14H2,1-3H3. The summed E-state index contributed by atoms with van der Waals surface area (Å²) in [6.45, 7) is 4.49. The van der Waals surface area contributed by atoms with E-state index < -0.39 is 0 Å². The maximum absolute atomic E-state index is 12.4. The van der Waals surface area contributed by atoms with Gasteiger partial charge in [-0.2, -0.15) is 0 Å². The van der Waals surface area contributed by atoms with E-state index in [-0.39, 0.29) is 5.91 Å². The van der Waals surface area contributed by atoms with Crippen molar-refractivity contribution in [1.29, 1.82) is 0 Å². The van der Waals surface area contributed by atoms with Crippen molar-refractivity contribution < 1.29 is 4.79 Å². The normalized spacial score (nSPS) is 10.9. The molecule has 1 aromatic heterocycles. The molecule has 0 bridgehead atoms. The first-order chi connectivity index (χ1) is 12.5. The number of rotatable bonds is 6. The van der Waals surface area contributed by atoms with Crippen LogP contribution in [0.1, 0.15) is 22.6 Å². The predicted octanol–water partition coefficient (Wildman–Crippen LogP) is 4.14. The summed E-state index contributed by atoms with van der Waals surface area (Å²) >= 11 is 1.64.